The molecule has 3 aromatic rings. The van der Waals surface area contributed by atoms with Crippen molar-refractivity contribution in [3.05, 3.63) is 66.2 Å². The Morgan fingerprint density at radius 2 is 1.75 bits per heavy atom. The van der Waals surface area contributed by atoms with E-state index in [0.717, 1.165) is 15.9 Å². The van der Waals surface area contributed by atoms with Crippen LogP contribution in [0.3, 0.4) is 0 Å². The number of pyridine rings is 1. The van der Waals surface area contributed by atoms with Crippen molar-refractivity contribution in [3.8, 4) is 0 Å². The van der Waals surface area contributed by atoms with E-state index >= 15 is 0 Å². The van der Waals surface area contributed by atoms with Gasteiger partial charge >= 0.3 is 0 Å². The summed E-state index contributed by atoms with van der Waals surface area (Å²) in [6, 6.07) is 18.8. The van der Waals surface area contributed by atoms with Crippen molar-refractivity contribution < 1.29 is 9.59 Å². The Hall–Kier alpha value is -2.66. The first-order valence-corrected chi connectivity index (χ1v) is 8.50. The lowest BCUT2D eigenvalue weighted by molar-refractivity contribution is -0.113. The zero-order valence-electron chi connectivity index (χ0n) is 13.2. The summed E-state index contributed by atoms with van der Waals surface area (Å²) >= 11 is 1.37. The predicted octanol–water partition coefficient (Wildman–Crippen LogP) is 4.17. The highest BCUT2D eigenvalue weighted by atomic mass is 32.2. The van der Waals surface area contributed by atoms with E-state index in [0.29, 0.717) is 11.3 Å². The molecule has 3 rings (SSSR count). The molecule has 0 spiro atoms. The van der Waals surface area contributed by atoms with Crippen LogP contribution in [-0.4, -0.2) is 22.4 Å². The van der Waals surface area contributed by atoms with Gasteiger partial charge in [-0.25, -0.2) is 4.98 Å². The first-order valence-electron chi connectivity index (χ1n) is 7.52. The van der Waals surface area contributed by atoms with Gasteiger partial charge in [-0.2, -0.15) is 0 Å². The fourth-order valence-corrected chi connectivity index (χ4v) is 3.03. The maximum Gasteiger partial charge on any atom is 0.234 e. The summed E-state index contributed by atoms with van der Waals surface area (Å²) in [6.07, 6.45) is 0. The van der Waals surface area contributed by atoms with Crippen LogP contribution in [0.25, 0.3) is 10.9 Å². The molecule has 2 aromatic carbocycles. The van der Waals surface area contributed by atoms with Crippen molar-refractivity contribution in [3.63, 3.8) is 0 Å². The monoisotopic (exact) mass is 336 g/mol. The standard InChI is InChI=1S/C19H16N2O2S/c1-13(22)15-7-3-5-9-17(15)20-18(23)12-24-19-11-10-14-6-2-4-8-16(14)21-19/h2-11H,12H2,1H3,(H,20,23). The summed E-state index contributed by atoms with van der Waals surface area (Å²) in [5, 5.41) is 4.66. The van der Waals surface area contributed by atoms with Crippen LogP contribution in [0, 0.1) is 0 Å². The Bertz CT molecular complexity index is 909. The van der Waals surface area contributed by atoms with Crippen LogP contribution in [0.15, 0.2) is 65.7 Å². The molecule has 0 radical (unpaired) electrons. The average Bonchev–Trinajstić information content (AvgIpc) is 2.60. The molecule has 0 aliphatic heterocycles. The maximum absolute atomic E-state index is 12.2. The van der Waals surface area contributed by atoms with E-state index < -0.39 is 0 Å². The summed E-state index contributed by atoms with van der Waals surface area (Å²) in [5.74, 6) is -0.00388. The molecular formula is C19H16N2O2S. The van der Waals surface area contributed by atoms with Gasteiger partial charge in [0, 0.05) is 10.9 Å². The number of carbonyl (C=O) groups is 2. The summed E-state index contributed by atoms with van der Waals surface area (Å²) in [5.41, 5.74) is 1.96. The van der Waals surface area contributed by atoms with Crippen LogP contribution >= 0.6 is 11.8 Å². The quantitative estimate of drug-likeness (QED) is 0.561. The Balaban J connectivity index is 1.66. The zero-order valence-corrected chi connectivity index (χ0v) is 14.0. The van der Waals surface area contributed by atoms with Crippen molar-refractivity contribution in [2.24, 2.45) is 0 Å². The lowest BCUT2D eigenvalue weighted by Crippen LogP contribution is -2.16. The normalized spacial score (nSPS) is 10.5. The number of rotatable bonds is 5. The van der Waals surface area contributed by atoms with Gasteiger partial charge < -0.3 is 5.32 Å². The van der Waals surface area contributed by atoms with E-state index in [1.165, 1.54) is 18.7 Å². The molecule has 5 heteroatoms. The van der Waals surface area contributed by atoms with Gasteiger partial charge in [0.15, 0.2) is 5.78 Å². The van der Waals surface area contributed by atoms with Crippen molar-refractivity contribution in [1.29, 1.82) is 0 Å². The summed E-state index contributed by atoms with van der Waals surface area (Å²) in [4.78, 5) is 28.3. The molecule has 4 nitrogen and oxygen atoms in total. The topological polar surface area (TPSA) is 59.1 Å². The maximum atomic E-state index is 12.2. The minimum absolute atomic E-state index is 0.0743. The number of nitrogens with one attached hydrogen (secondary N) is 1. The molecule has 0 aliphatic carbocycles. The predicted molar refractivity (Wildman–Crippen MR) is 97.5 cm³/mol. The van der Waals surface area contributed by atoms with Gasteiger partial charge in [-0.15, -0.1) is 0 Å². The molecule has 0 unspecified atom stereocenters. The number of Topliss-reactive ketones (excluding diaryl/α,β-unsaturated/α-hetero) is 1. The number of aromatic nitrogens is 1. The van der Waals surface area contributed by atoms with Gasteiger partial charge in [-0.3, -0.25) is 9.59 Å². The second-order valence-corrected chi connectivity index (χ2v) is 6.28. The van der Waals surface area contributed by atoms with Gasteiger partial charge in [0.05, 0.1) is 22.0 Å². The first kappa shape index (κ1) is 16.2. The number of thioether (sulfide) groups is 1. The van der Waals surface area contributed by atoms with E-state index in [-0.39, 0.29) is 17.4 Å². The molecule has 1 amide bonds. The lowest BCUT2D eigenvalue weighted by atomic mass is 10.1. The van der Waals surface area contributed by atoms with Crippen LogP contribution in [-0.2, 0) is 4.79 Å². The molecule has 0 atom stereocenters. The first-order chi connectivity index (χ1) is 11.6. The molecule has 0 saturated carbocycles. The third-order valence-corrected chi connectivity index (χ3v) is 4.43. The highest BCUT2D eigenvalue weighted by Gasteiger charge is 2.10. The van der Waals surface area contributed by atoms with Crippen molar-refractivity contribution in [2.45, 2.75) is 11.9 Å². The van der Waals surface area contributed by atoms with Gasteiger partial charge in [-0.05, 0) is 31.2 Å². The Labute approximate surface area is 144 Å². The second-order valence-electron chi connectivity index (χ2n) is 5.28. The number of hydrogen-bond donors (Lipinski definition) is 1. The number of nitrogens with zero attached hydrogens (tertiary/aromatic N) is 1. The number of carbonyl (C=O) groups excluding carboxylic acids is 2. The molecule has 0 bridgehead atoms. The van der Waals surface area contributed by atoms with Crippen LogP contribution in [0.5, 0.6) is 0 Å². The molecule has 24 heavy (non-hydrogen) atoms. The molecule has 0 aliphatic rings. The molecular weight excluding hydrogens is 320 g/mol. The van der Waals surface area contributed by atoms with Crippen LogP contribution < -0.4 is 5.32 Å². The van der Waals surface area contributed by atoms with E-state index in [9.17, 15) is 9.59 Å². The number of amides is 1. The third kappa shape index (κ3) is 3.81. The third-order valence-electron chi connectivity index (χ3n) is 3.50. The van der Waals surface area contributed by atoms with E-state index in [1.807, 2.05) is 36.4 Å². The summed E-state index contributed by atoms with van der Waals surface area (Å²) < 4.78 is 0. The largest absolute Gasteiger partial charge is 0.325 e. The molecule has 1 heterocycles. The van der Waals surface area contributed by atoms with Crippen LogP contribution in [0.1, 0.15) is 17.3 Å². The number of anilines is 1. The zero-order chi connectivity index (χ0) is 16.9. The smallest absolute Gasteiger partial charge is 0.234 e. The number of ketones is 1. The number of benzene rings is 2. The molecule has 0 saturated heterocycles. The Morgan fingerprint density at radius 3 is 2.58 bits per heavy atom. The molecule has 1 N–H and O–H groups in total. The second kappa shape index (κ2) is 7.27. The van der Waals surface area contributed by atoms with Gasteiger partial charge in [0.1, 0.15) is 0 Å². The summed E-state index contributed by atoms with van der Waals surface area (Å²) in [6.45, 7) is 1.48. The molecule has 0 fully saturated rings. The molecule has 120 valence electrons. The minimum atomic E-state index is -0.163. The van der Waals surface area contributed by atoms with Gasteiger partial charge in [0.25, 0.3) is 0 Å². The summed E-state index contributed by atoms with van der Waals surface area (Å²) in [7, 11) is 0. The fraction of sp³-hybridized carbons (Fsp3) is 0.105. The highest BCUT2D eigenvalue weighted by molar-refractivity contribution is 7.99. The Morgan fingerprint density at radius 1 is 1.00 bits per heavy atom. The van der Waals surface area contributed by atoms with Crippen LogP contribution in [0.4, 0.5) is 5.69 Å². The number of hydrogen-bond acceptors (Lipinski definition) is 4. The van der Waals surface area contributed by atoms with Crippen molar-refractivity contribution >= 4 is 40.0 Å². The van der Waals surface area contributed by atoms with Crippen molar-refractivity contribution in [2.75, 3.05) is 11.1 Å². The number of fused-ring (bicyclic) bond motifs is 1. The van der Waals surface area contributed by atoms with E-state index in [4.69, 9.17) is 0 Å². The van der Waals surface area contributed by atoms with Crippen molar-refractivity contribution in [1.82, 2.24) is 4.98 Å². The molecule has 1 aromatic heterocycles. The lowest BCUT2D eigenvalue weighted by Gasteiger charge is -2.09. The highest BCUT2D eigenvalue weighted by Crippen LogP contribution is 2.21. The Kier molecular flexibility index (Phi) is 4.91. The fourth-order valence-electron chi connectivity index (χ4n) is 2.35. The van der Waals surface area contributed by atoms with Gasteiger partial charge in [0.2, 0.25) is 5.91 Å². The van der Waals surface area contributed by atoms with Crippen LogP contribution in [0.2, 0.25) is 0 Å². The van der Waals surface area contributed by atoms with E-state index in [2.05, 4.69) is 10.3 Å². The van der Waals surface area contributed by atoms with Gasteiger partial charge in [-0.1, -0.05) is 48.2 Å². The van der Waals surface area contributed by atoms with E-state index in [1.54, 1.807) is 24.3 Å². The minimum Gasteiger partial charge on any atom is -0.325 e. The average molecular weight is 336 g/mol. The number of para-hydroxylation sites is 2. The SMILES string of the molecule is CC(=O)c1ccccc1NC(=O)CSc1ccc2ccccc2n1.